The molecule has 0 aliphatic rings. The molecule has 0 atom stereocenters. The molecule has 0 bridgehead atoms. The molecular formula is C17H17NOS. The van der Waals surface area contributed by atoms with Crippen molar-refractivity contribution in [3.63, 3.8) is 0 Å². The number of hydrogen-bond acceptors (Lipinski definition) is 3. The first-order valence-electron chi connectivity index (χ1n) is 6.86. The molecule has 0 unspecified atom stereocenters. The Labute approximate surface area is 122 Å². The first-order valence-corrected chi connectivity index (χ1v) is 7.68. The summed E-state index contributed by atoms with van der Waals surface area (Å²) >= 11 is 1.72. The molecule has 1 N–H and O–H groups in total. The van der Waals surface area contributed by atoms with Crippen molar-refractivity contribution < 1.29 is 5.11 Å². The van der Waals surface area contributed by atoms with Crippen LogP contribution in [0.15, 0.2) is 42.5 Å². The van der Waals surface area contributed by atoms with Crippen molar-refractivity contribution >= 4 is 22.1 Å². The fourth-order valence-corrected chi connectivity index (χ4v) is 3.56. The van der Waals surface area contributed by atoms with E-state index in [0.29, 0.717) is 0 Å². The molecule has 3 rings (SSSR count). The van der Waals surface area contributed by atoms with Gasteiger partial charge in [0.05, 0.1) is 17.3 Å². The summed E-state index contributed by atoms with van der Waals surface area (Å²) in [6.07, 6.45) is 1.77. The van der Waals surface area contributed by atoms with Crippen LogP contribution in [0.2, 0.25) is 0 Å². The van der Waals surface area contributed by atoms with Crippen molar-refractivity contribution in [2.24, 2.45) is 0 Å². The van der Waals surface area contributed by atoms with Crippen LogP contribution in [0.25, 0.3) is 10.8 Å². The number of fused-ring (bicyclic) bond motifs is 1. The second-order valence-corrected chi connectivity index (χ2v) is 5.97. The van der Waals surface area contributed by atoms with Gasteiger partial charge in [0.2, 0.25) is 0 Å². The molecule has 0 saturated carbocycles. The fraction of sp³-hybridized carbons (Fsp3) is 0.235. The maximum atomic E-state index is 9.34. The maximum Gasteiger partial charge on any atom is 0.0976 e. The van der Waals surface area contributed by atoms with Crippen molar-refractivity contribution in [1.29, 1.82) is 0 Å². The van der Waals surface area contributed by atoms with E-state index in [2.05, 4.69) is 54.4 Å². The first kappa shape index (κ1) is 13.3. The number of nitrogens with zero attached hydrogens (tertiary/aromatic N) is 1. The normalized spacial score (nSPS) is 11.1. The van der Waals surface area contributed by atoms with Gasteiger partial charge in [-0.3, -0.25) is 0 Å². The van der Waals surface area contributed by atoms with Crippen molar-refractivity contribution in [3.8, 4) is 0 Å². The second-order valence-electron chi connectivity index (χ2n) is 4.80. The first-order chi connectivity index (χ1) is 9.81. The molecule has 0 amide bonds. The number of benzene rings is 2. The predicted octanol–water partition coefficient (Wildman–Crippen LogP) is 3.94. The molecule has 0 fully saturated rings. The molecule has 0 radical (unpaired) electrons. The Morgan fingerprint density at radius 1 is 1.10 bits per heavy atom. The Morgan fingerprint density at radius 3 is 2.65 bits per heavy atom. The highest BCUT2D eigenvalue weighted by atomic mass is 32.1. The largest absolute Gasteiger partial charge is 0.390 e. The molecular weight excluding hydrogens is 266 g/mol. The standard InChI is InChI=1S/C17H17NOS/c1-2-16-15(11-19)18-17(20-16)10-13-8-5-7-12-6-3-4-9-14(12)13/h3-9,19H,2,10-11H2,1H3. The third kappa shape index (κ3) is 2.47. The Hall–Kier alpha value is -1.71. The highest BCUT2D eigenvalue weighted by Crippen LogP contribution is 2.25. The van der Waals surface area contributed by atoms with Crippen LogP contribution in [0.3, 0.4) is 0 Å². The molecule has 0 aliphatic carbocycles. The quantitative estimate of drug-likeness (QED) is 0.786. The van der Waals surface area contributed by atoms with Gasteiger partial charge in [-0.25, -0.2) is 4.98 Å². The van der Waals surface area contributed by atoms with E-state index in [0.717, 1.165) is 23.5 Å². The van der Waals surface area contributed by atoms with Crippen LogP contribution in [0.4, 0.5) is 0 Å². The number of hydrogen-bond donors (Lipinski definition) is 1. The van der Waals surface area contributed by atoms with E-state index in [4.69, 9.17) is 0 Å². The molecule has 2 nitrogen and oxygen atoms in total. The van der Waals surface area contributed by atoms with Crippen LogP contribution in [-0.4, -0.2) is 10.1 Å². The molecule has 1 aromatic heterocycles. The van der Waals surface area contributed by atoms with Gasteiger partial charge < -0.3 is 5.11 Å². The van der Waals surface area contributed by atoms with Crippen molar-refractivity contribution in [3.05, 3.63) is 63.6 Å². The van der Waals surface area contributed by atoms with E-state index in [1.165, 1.54) is 21.2 Å². The van der Waals surface area contributed by atoms with Crippen molar-refractivity contribution in [1.82, 2.24) is 4.98 Å². The SMILES string of the molecule is CCc1sc(Cc2cccc3ccccc23)nc1CO. The van der Waals surface area contributed by atoms with Crippen molar-refractivity contribution in [2.45, 2.75) is 26.4 Å². The molecule has 0 spiro atoms. The summed E-state index contributed by atoms with van der Waals surface area (Å²) in [5.74, 6) is 0. The molecule has 3 aromatic rings. The number of aliphatic hydroxyl groups excluding tert-OH is 1. The minimum absolute atomic E-state index is 0.0369. The number of rotatable bonds is 4. The third-order valence-electron chi connectivity index (χ3n) is 3.52. The van der Waals surface area contributed by atoms with Gasteiger partial charge in [-0.05, 0) is 22.8 Å². The molecule has 3 heteroatoms. The van der Waals surface area contributed by atoms with Gasteiger partial charge in [-0.15, -0.1) is 11.3 Å². The van der Waals surface area contributed by atoms with Crippen LogP contribution < -0.4 is 0 Å². The van der Waals surface area contributed by atoms with Crippen LogP contribution in [0.1, 0.15) is 28.1 Å². The number of aromatic nitrogens is 1. The molecule has 0 saturated heterocycles. The summed E-state index contributed by atoms with van der Waals surface area (Å²) in [5.41, 5.74) is 2.14. The molecule has 102 valence electrons. The van der Waals surface area contributed by atoms with Crippen LogP contribution in [0, 0.1) is 0 Å². The summed E-state index contributed by atoms with van der Waals surface area (Å²) in [6.45, 7) is 2.14. The lowest BCUT2D eigenvalue weighted by atomic mass is 10.0. The molecule has 2 aromatic carbocycles. The average Bonchev–Trinajstić information content (AvgIpc) is 2.90. The monoisotopic (exact) mass is 283 g/mol. The van der Waals surface area contributed by atoms with Crippen LogP contribution in [-0.2, 0) is 19.4 Å². The van der Waals surface area contributed by atoms with Crippen LogP contribution in [0.5, 0.6) is 0 Å². The molecule has 0 aliphatic heterocycles. The minimum atomic E-state index is 0.0369. The van der Waals surface area contributed by atoms with E-state index < -0.39 is 0 Å². The van der Waals surface area contributed by atoms with Gasteiger partial charge in [-0.2, -0.15) is 0 Å². The average molecular weight is 283 g/mol. The minimum Gasteiger partial charge on any atom is -0.390 e. The Balaban J connectivity index is 1.99. The molecule has 1 heterocycles. The van der Waals surface area contributed by atoms with E-state index in [1.54, 1.807) is 11.3 Å². The zero-order valence-electron chi connectivity index (χ0n) is 11.5. The number of aryl methyl sites for hydroxylation is 1. The lowest BCUT2D eigenvalue weighted by Gasteiger charge is -2.04. The summed E-state index contributed by atoms with van der Waals surface area (Å²) in [6, 6.07) is 14.8. The summed E-state index contributed by atoms with van der Waals surface area (Å²) in [5, 5.41) is 13.0. The van der Waals surface area contributed by atoms with Gasteiger partial charge in [0.15, 0.2) is 0 Å². The third-order valence-corrected chi connectivity index (χ3v) is 4.76. The van der Waals surface area contributed by atoms with Gasteiger partial charge >= 0.3 is 0 Å². The van der Waals surface area contributed by atoms with Gasteiger partial charge in [0.25, 0.3) is 0 Å². The number of thiazole rings is 1. The summed E-state index contributed by atoms with van der Waals surface area (Å²) < 4.78 is 0. The zero-order valence-corrected chi connectivity index (χ0v) is 12.3. The van der Waals surface area contributed by atoms with E-state index in [9.17, 15) is 5.11 Å². The predicted molar refractivity (Wildman–Crippen MR) is 84.2 cm³/mol. The summed E-state index contributed by atoms with van der Waals surface area (Å²) in [4.78, 5) is 5.77. The Bertz CT molecular complexity index is 706. The van der Waals surface area contributed by atoms with E-state index in [-0.39, 0.29) is 6.61 Å². The van der Waals surface area contributed by atoms with Crippen LogP contribution >= 0.6 is 11.3 Å². The number of aliphatic hydroxyl groups is 1. The van der Waals surface area contributed by atoms with Gasteiger partial charge in [0, 0.05) is 11.3 Å². The summed E-state index contributed by atoms with van der Waals surface area (Å²) in [7, 11) is 0. The Morgan fingerprint density at radius 2 is 1.90 bits per heavy atom. The van der Waals surface area contributed by atoms with E-state index in [1.807, 2.05) is 0 Å². The lowest BCUT2D eigenvalue weighted by Crippen LogP contribution is -1.91. The van der Waals surface area contributed by atoms with E-state index >= 15 is 0 Å². The Kier molecular flexibility index (Phi) is 3.81. The topological polar surface area (TPSA) is 33.1 Å². The highest BCUT2D eigenvalue weighted by Gasteiger charge is 2.10. The van der Waals surface area contributed by atoms with Gasteiger partial charge in [0.1, 0.15) is 0 Å². The molecule has 20 heavy (non-hydrogen) atoms. The lowest BCUT2D eigenvalue weighted by molar-refractivity contribution is 0.276. The zero-order chi connectivity index (χ0) is 13.9. The van der Waals surface area contributed by atoms with Gasteiger partial charge in [-0.1, -0.05) is 49.4 Å². The maximum absolute atomic E-state index is 9.34. The fourth-order valence-electron chi connectivity index (χ4n) is 2.52. The second kappa shape index (κ2) is 5.73. The highest BCUT2D eigenvalue weighted by molar-refractivity contribution is 7.11. The smallest absolute Gasteiger partial charge is 0.0976 e. The van der Waals surface area contributed by atoms with Crippen molar-refractivity contribution in [2.75, 3.05) is 0 Å².